The van der Waals surface area contributed by atoms with Crippen molar-refractivity contribution in [3.63, 3.8) is 0 Å². The number of hydrogen-bond acceptors (Lipinski definition) is 7. The Morgan fingerprint density at radius 3 is 2.55 bits per heavy atom. The van der Waals surface area contributed by atoms with Gasteiger partial charge in [0.15, 0.2) is 11.3 Å². The van der Waals surface area contributed by atoms with Gasteiger partial charge in [0.2, 0.25) is 0 Å². The SMILES string of the molecule is CCOC(=O)c1c(NC(=O)c2cc3cccc(OC)c3oc2=O)sc(C)c1-c1ccccc1. The first-order valence-electron chi connectivity index (χ1n) is 10.2. The van der Waals surface area contributed by atoms with Crippen LogP contribution < -0.4 is 15.7 Å². The van der Waals surface area contributed by atoms with Gasteiger partial charge in [0.05, 0.1) is 13.7 Å². The van der Waals surface area contributed by atoms with Crippen LogP contribution in [-0.4, -0.2) is 25.6 Å². The first kappa shape index (κ1) is 22.3. The summed E-state index contributed by atoms with van der Waals surface area (Å²) >= 11 is 1.24. The molecular weight excluding hydrogens is 442 g/mol. The summed E-state index contributed by atoms with van der Waals surface area (Å²) < 4.78 is 15.8. The van der Waals surface area contributed by atoms with Crippen molar-refractivity contribution in [2.45, 2.75) is 13.8 Å². The summed E-state index contributed by atoms with van der Waals surface area (Å²) in [5.41, 5.74) is 1.03. The minimum absolute atomic E-state index is 0.183. The van der Waals surface area contributed by atoms with E-state index in [1.165, 1.54) is 24.5 Å². The number of rotatable bonds is 6. The molecule has 0 bridgehead atoms. The van der Waals surface area contributed by atoms with Crippen LogP contribution in [0.5, 0.6) is 5.75 Å². The molecule has 0 fully saturated rings. The van der Waals surface area contributed by atoms with Crippen LogP contribution >= 0.6 is 11.3 Å². The van der Waals surface area contributed by atoms with Crippen LogP contribution in [0.2, 0.25) is 0 Å². The molecule has 0 unspecified atom stereocenters. The number of methoxy groups -OCH3 is 1. The molecule has 168 valence electrons. The van der Waals surface area contributed by atoms with Gasteiger partial charge in [-0.3, -0.25) is 4.79 Å². The van der Waals surface area contributed by atoms with Crippen LogP contribution in [-0.2, 0) is 4.74 Å². The zero-order chi connectivity index (χ0) is 23.5. The molecule has 0 aliphatic heterocycles. The van der Waals surface area contributed by atoms with Crippen molar-refractivity contribution in [3.8, 4) is 16.9 Å². The van der Waals surface area contributed by atoms with Gasteiger partial charge in [-0.15, -0.1) is 11.3 Å². The van der Waals surface area contributed by atoms with Gasteiger partial charge in [-0.05, 0) is 31.5 Å². The number of carbonyl (C=O) groups is 2. The Labute approximate surface area is 193 Å². The maximum atomic E-state index is 13.1. The number of anilines is 1. The van der Waals surface area contributed by atoms with Crippen molar-refractivity contribution < 1.29 is 23.5 Å². The van der Waals surface area contributed by atoms with Crippen molar-refractivity contribution in [3.05, 3.63) is 81.0 Å². The molecule has 0 atom stereocenters. The van der Waals surface area contributed by atoms with Crippen LogP contribution in [0.25, 0.3) is 22.1 Å². The summed E-state index contributed by atoms with van der Waals surface area (Å²) in [5, 5.41) is 3.56. The maximum absolute atomic E-state index is 13.1. The highest BCUT2D eigenvalue weighted by Crippen LogP contribution is 2.40. The quantitative estimate of drug-likeness (QED) is 0.309. The molecule has 0 radical (unpaired) electrons. The molecule has 2 aromatic carbocycles. The van der Waals surface area contributed by atoms with Crippen molar-refractivity contribution in [2.24, 2.45) is 0 Å². The lowest BCUT2D eigenvalue weighted by Crippen LogP contribution is -2.21. The van der Waals surface area contributed by atoms with E-state index in [0.29, 0.717) is 21.7 Å². The van der Waals surface area contributed by atoms with Crippen molar-refractivity contribution in [1.29, 1.82) is 0 Å². The first-order valence-corrected chi connectivity index (χ1v) is 11.0. The molecule has 0 aliphatic rings. The highest BCUT2D eigenvalue weighted by atomic mass is 32.1. The van der Waals surface area contributed by atoms with Gasteiger partial charge >= 0.3 is 11.6 Å². The second kappa shape index (κ2) is 9.30. The maximum Gasteiger partial charge on any atom is 0.349 e. The van der Waals surface area contributed by atoms with Gasteiger partial charge in [-0.2, -0.15) is 0 Å². The number of ether oxygens (including phenoxy) is 2. The third kappa shape index (κ3) is 4.25. The molecule has 0 aliphatic carbocycles. The van der Waals surface area contributed by atoms with Crippen molar-refractivity contribution in [1.82, 2.24) is 0 Å². The molecule has 0 saturated heterocycles. The van der Waals surface area contributed by atoms with Crippen LogP contribution in [0.1, 0.15) is 32.5 Å². The van der Waals surface area contributed by atoms with E-state index in [9.17, 15) is 14.4 Å². The van der Waals surface area contributed by atoms with Crippen LogP contribution in [0.15, 0.2) is 63.8 Å². The van der Waals surface area contributed by atoms with E-state index >= 15 is 0 Å². The average Bonchev–Trinajstić information content (AvgIpc) is 3.14. The third-order valence-electron chi connectivity index (χ3n) is 5.04. The Kier molecular flexibility index (Phi) is 6.28. The smallest absolute Gasteiger partial charge is 0.349 e. The number of hydrogen-bond donors (Lipinski definition) is 1. The molecule has 7 nitrogen and oxygen atoms in total. The van der Waals surface area contributed by atoms with Crippen LogP contribution in [0.3, 0.4) is 0 Å². The highest BCUT2D eigenvalue weighted by Gasteiger charge is 2.26. The standard InChI is InChI=1S/C25H21NO6S/c1-4-31-25(29)20-19(15-9-6-5-7-10-15)14(2)33-23(20)26-22(27)17-13-16-11-8-12-18(30-3)21(16)32-24(17)28/h5-13H,4H2,1-3H3,(H,26,27). The first-order chi connectivity index (χ1) is 15.9. The minimum Gasteiger partial charge on any atom is -0.493 e. The summed E-state index contributed by atoms with van der Waals surface area (Å²) in [6, 6.07) is 15.9. The fourth-order valence-electron chi connectivity index (χ4n) is 3.59. The van der Waals surface area contributed by atoms with E-state index in [-0.39, 0.29) is 23.3 Å². The molecule has 33 heavy (non-hydrogen) atoms. The number of amides is 1. The predicted octanol–water partition coefficient (Wildman–Crippen LogP) is 5.27. The Morgan fingerprint density at radius 1 is 1.09 bits per heavy atom. The van der Waals surface area contributed by atoms with E-state index < -0.39 is 17.5 Å². The number of thiophene rings is 1. The van der Waals surface area contributed by atoms with Gasteiger partial charge in [-0.25, -0.2) is 9.59 Å². The Balaban J connectivity index is 1.78. The number of aryl methyl sites for hydroxylation is 1. The summed E-state index contributed by atoms with van der Waals surface area (Å²) in [6.45, 7) is 3.76. The number of para-hydroxylation sites is 1. The van der Waals surface area contributed by atoms with Crippen LogP contribution in [0.4, 0.5) is 5.00 Å². The second-order valence-electron chi connectivity index (χ2n) is 7.10. The molecule has 0 spiro atoms. The fourth-order valence-corrected chi connectivity index (χ4v) is 4.65. The predicted molar refractivity (Wildman–Crippen MR) is 127 cm³/mol. The van der Waals surface area contributed by atoms with E-state index in [2.05, 4.69) is 5.32 Å². The summed E-state index contributed by atoms with van der Waals surface area (Å²) in [6.07, 6.45) is 0. The molecule has 0 saturated carbocycles. The lowest BCUT2D eigenvalue weighted by atomic mass is 10.0. The number of fused-ring (bicyclic) bond motifs is 1. The van der Waals surface area contributed by atoms with Gasteiger partial charge in [0.1, 0.15) is 16.1 Å². The molecule has 4 aromatic rings. The van der Waals surface area contributed by atoms with E-state index in [1.54, 1.807) is 25.1 Å². The average molecular weight is 464 g/mol. The Morgan fingerprint density at radius 2 is 1.85 bits per heavy atom. The molecular formula is C25H21NO6S. The van der Waals surface area contributed by atoms with Crippen molar-refractivity contribution in [2.75, 3.05) is 19.0 Å². The third-order valence-corrected chi connectivity index (χ3v) is 6.06. The number of benzene rings is 2. The van der Waals surface area contributed by atoms with Gasteiger partial charge in [-0.1, -0.05) is 42.5 Å². The summed E-state index contributed by atoms with van der Waals surface area (Å²) in [7, 11) is 1.47. The molecule has 8 heteroatoms. The number of nitrogens with one attached hydrogen (secondary N) is 1. The summed E-state index contributed by atoms with van der Waals surface area (Å²) in [4.78, 5) is 39.3. The lowest BCUT2D eigenvalue weighted by Gasteiger charge is -2.09. The highest BCUT2D eigenvalue weighted by molar-refractivity contribution is 7.17. The molecule has 2 heterocycles. The van der Waals surface area contributed by atoms with E-state index in [4.69, 9.17) is 13.9 Å². The Bertz CT molecular complexity index is 1400. The zero-order valence-electron chi connectivity index (χ0n) is 18.3. The lowest BCUT2D eigenvalue weighted by molar-refractivity contribution is 0.0529. The topological polar surface area (TPSA) is 94.8 Å². The number of carbonyl (C=O) groups excluding carboxylic acids is 2. The van der Waals surface area contributed by atoms with Crippen LogP contribution in [0, 0.1) is 6.92 Å². The molecule has 1 N–H and O–H groups in total. The largest absolute Gasteiger partial charge is 0.493 e. The molecule has 2 aromatic heterocycles. The normalized spacial score (nSPS) is 10.8. The van der Waals surface area contributed by atoms with E-state index in [0.717, 1.165) is 10.4 Å². The molecule has 4 rings (SSSR count). The van der Waals surface area contributed by atoms with Crippen molar-refractivity contribution >= 4 is 39.2 Å². The minimum atomic E-state index is -0.807. The van der Waals surface area contributed by atoms with E-state index in [1.807, 2.05) is 37.3 Å². The Hall–Kier alpha value is -3.91. The summed E-state index contributed by atoms with van der Waals surface area (Å²) in [5.74, 6) is -0.839. The fraction of sp³-hybridized carbons (Fsp3) is 0.160. The monoisotopic (exact) mass is 463 g/mol. The van der Waals surface area contributed by atoms with Gasteiger partial charge in [0.25, 0.3) is 5.91 Å². The van der Waals surface area contributed by atoms with Gasteiger partial charge in [0, 0.05) is 15.8 Å². The zero-order valence-corrected chi connectivity index (χ0v) is 19.1. The van der Waals surface area contributed by atoms with Gasteiger partial charge < -0.3 is 19.2 Å². The second-order valence-corrected chi connectivity index (χ2v) is 8.33. The number of esters is 1. The molecule has 1 amide bonds.